The number of piperidine rings is 1. The van der Waals surface area contributed by atoms with Crippen molar-refractivity contribution >= 4 is 23.5 Å². The summed E-state index contributed by atoms with van der Waals surface area (Å²) in [4.78, 5) is 40.7. The van der Waals surface area contributed by atoms with E-state index in [0.29, 0.717) is 19.7 Å². The van der Waals surface area contributed by atoms with E-state index in [4.69, 9.17) is 4.74 Å². The summed E-state index contributed by atoms with van der Waals surface area (Å²) >= 11 is 0. The zero-order valence-electron chi connectivity index (χ0n) is 14.7. The van der Waals surface area contributed by atoms with Crippen LogP contribution in [0.4, 0.5) is 5.69 Å². The van der Waals surface area contributed by atoms with Crippen LogP contribution < -0.4 is 4.90 Å². The SMILES string of the molecule is CCOC(=O)[C@H]1CCCN(C(=O)[C@H]2CC(=O)N(C)c3ccccc32)C1. The molecule has 0 spiro atoms. The van der Waals surface area contributed by atoms with Crippen LogP contribution in [0.2, 0.25) is 0 Å². The summed E-state index contributed by atoms with van der Waals surface area (Å²) in [6, 6.07) is 7.53. The Hall–Kier alpha value is -2.37. The molecule has 134 valence electrons. The molecule has 2 heterocycles. The standard InChI is InChI=1S/C19H24N2O4/c1-3-25-19(24)13-7-6-10-21(12-13)18(23)15-11-17(22)20(2)16-9-5-4-8-14(15)16/h4-5,8-9,13,15H,3,6-7,10-12H2,1-2H3/t13-,15-/m0/s1. The monoisotopic (exact) mass is 344 g/mol. The number of hydrogen-bond acceptors (Lipinski definition) is 4. The largest absolute Gasteiger partial charge is 0.466 e. The molecule has 3 rings (SSSR count). The number of rotatable bonds is 3. The number of benzene rings is 1. The second-order valence-corrected chi connectivity index (χ2v) is 6.64. The van der Waals surface area contributed by atoms with Crippen LogP contribution >= 0.6 is 0 Å². The molecule has 2 atom stereocenters. The Labute approximate surface area is 147 Å². The van der Waals surface area contributed by atoms with Gasteiger partial charge in [-0.25, -0.2) is 0 Å². The Morgan fingerprint density at radius 2 is 2.04 bits per heavy atom. The minimum atomic E-state index is -0.471. The van der Waals surface area contributed by atoms with E-state index in [1.165, 1.54) is 0 Å². The molecule has 0 aromatic heterocycles. The molecule has 6 nitrogen and oxygen atoms in total. The number of nitrogens with zero attached hydrogens (tertiary/aromatic N) is 2. The molecule has 1 fully saturated rings. The number of amides is 2. The number of para-hydroxylation sites is 1. The highest BCUT2D eigenvalue weighted by molar-refractivity contribution is 6.02. The number of esters is 1. The van der Waals surface area contributed by atoms with Gasteiger partial charge in [-0.05, 0) is 31.4 Å². The molecule has 0 radical (unpaired) electrons. The normalized spacial score (nSPS) is 23.2. The van der Waals surface area contributed by atoms with Crippen molar-refractivity contribution in [2.75, 3.05) is 31.6 Å². The highest BCUT2D eigenvalue weighted by Crippen LogP contribution is 2.36. The van der Waals surface area contributed by atoms with Crippen LogP contribution in [-0.4, -0.2) is 49.4 Å². The third-order valence-corrected chi connectivity index (χ3v) is 5.08. The Balaban J connectivity index is 1.80. The van der Waals surface area contributed by atoms with Gasteiger partial charge in [0.25, 0.3) is 0 Å². The molecule has 1 saturated heterocycles. The molecule has 0 aliphatic carbocycles. The third kappa shape index (κ3) is 3.38. The fourth-order valence-electron chi connectivity index (χ4n) is 3.71. The molecule has 2 amide bonds. The topological polar surface area (TPSA) is 66.9 Å². The van der Waals surface area contributed by atoms with Gasteiger partial charge in [-0.3, -0.25) is 14.4 Å². The van der Waals surface area contributed by atoms with Gasteiger partial charge in [-0.2, -0.15) is 0 Å². The molecule has 0 saturated carbocycles. The van der Waals surface area contributed by atoms with Gasteiger partial charge in [0, 0.05) is 32.2 Å². The molecule has 0 bridgehead atoms. The van der Waals surface area contributed by atoms with Gasteiger partial charge >= 0.3 is 5.97 Å². The van der Waals surface area contributed by atoms with Crippen molar-refractivity contribution in [3.63, 3.8) is 0 Å². The van der Waals surface area contributed by atoms with E-state index in [9.17, 15) is 14.4 Å². The minimum absolute atomic E-state index is 0.0593. The first-order valence-electron chi connectivity index (χ1n) is 8.83. The van der Waals surface area contributed by atoms with E-state index in [-0.39, 0.29) is 30.1 Å². The Bertz CT molecular complexity index is 688. The predicted molar refractivity (Wildman–Crippen MR) is 93.1 cm³/mol. The van der Waals surface area contributed by atoms with E-state index in [0.717, 1.165) is 24.1 Å². The van der Waals surface area contributed by atoms with Gasteiger partial charge in [0.15, 0.2) is 0 Å². The van der Waals surface area contributed by atoms with E-state index in [1.54, 1.807) is 23.8 Å². The molecular weight excluding hydrogens is 320 g/mol. The quantitative estimate of drug-likeness (QED) is 0.786. The fraction of sp³-hybridized carbons (Fsp3) is 0.526. The maximum absolute atomic E-state index is 13.1. The van der Waals surface area contributed by atoms with Gasteiger partial charge in [-0.1, -0.05) is 18.2 Å². The second-order valence-electron chi connectivity index (χ2n) is 6.64. The molecule has 2 aliphatic rings. The van der Waals surface area contributed by atoms with Crippen molar-refractivity contribution in [1.82, 2.24) is 4.90 Å². The van der Waals surface area contributed by atoms with E-state index in [2.05, 4.69) is 0 Å². The van der Waals surface area contributed by atoms with Crippen LogP contribution in [0.3, 0.4) is 0 Å². The Morgan fingerprint density at radius 3 is 2.80 bits per heavy atom. The first-order valence-corrected chi connectivity index (χ1v) is 8.83. The van der Waals surface area contributed by atoms with Crippen LogP contribution in [0.15, 0.2) is 24.3 Å². The molecular formula is C19H24N2O4. The van der Waals surface area contributed by atoms with Gasteiger partial charge in [-0.15, -0.1) is 0 Å². The number of carbonyl (C=O) groups is 3. The molecule has 6 heteroatoms. The number of fused-ring (bicyclic) bond motifs is 1. The predicted octanol–water partition coefficient (Wildman–Crippen LogP) is 1.94. The van der Waals surface area contributed by atoms with E-state index < -0.39 is 5.92 Å². The number of carbonyl (C=O) groups excluding carboxylic acids is 3. The zero-order valence-corrected chi connectivity index (χ0v) is 14.7. The molecule has 25 heavy (non-hydrogen) atoms. The summed E-state index contributed by atoms with van der Waals surface area (Å²) in [7, 11) is 1.74. The van der Waals surface area contributed by atoms with Gasteiger partial charge in [0.1, 0.15) is 0 Å². The van der Waals surface area contributed by atoms with Gasteiger partial charge < -0.3 is 14.5 Å². The summed E-state index contributed by atoms with van der Waals surface area (Å²) in [6.45, 7) is 3.13. The highest BCUT2D eigenvalue weighted by atomic mass is 16.5. The molecule has 1 aromatic rings. The number of ether oxygens (including phenoxy) is 1. The lowest BCUT2D eigenvalue weighted by atomic mass is 9.87. The number of anilines is 1. The van der Waals surface area contributed by atoms with Gasteiger partial charge in [0.2, 0.25) is 11.8 Å². The average Bonchev–Trinajstić information content (AvgIpc) is 2.64. The first kappa shape index (κ1) is 17.5. The highest BCUT2D eigenvalue weighted by Gasteiger charge is 2.38. The smallest absolute Gasteiger partial charge is 0.310 e. The average molecular weight is 344 g/mol. The molecule has 2 aliphatic heterocycles. The van der Waals surface area contributed by atoms with Crippen molar-refractivity contribution in [3.05, 3.63) is 29.8 Å². The molecule has 0 N–H and O–H groups in total. The summed E-state index contributed by atoms with van der Waals surface area (Å²) < 4.78 is 5.10. The van der Waals surface area contributed by atoms with Crippen molar-refractivity contribution < 1.29 is 19.1 Å². The van der Waals surface area contributed by atoms with Crippen LogP contribution in [0.5, 0.6) is 0 Å². The van der Waals surface area contributed by atoms with Crippen LogP contribution in [0.1, 0.15) is 37.7 Å². The zero-order chi connectivity index (χ0) is 18.0. The summed E-state index contributed by atoms with van der Waals surface area (Å²) in [5.74, 6) is -1.10. The molecule has 1 aromatic carbocycles. The van der Waals surface area contributed by atoms with Gasteiger partial charge in [0.05, 0.1) is 18.4 Å². The van der Waals surface area contributed by atoms with Crippen LogP contribution in [0.25, 0.3) is 0 Å². The Kier molecular flexibility index (Phi) is 5.06. The first-order chi connectivity index (χ1) is 12.0. The van der Waals surface area contributed by atoms with Crippen LogP contribution in [-0.2, 0) is 19.1 Å². The van der Waals surface area contributed by atoms with Crippen molar-refractivity contribution in [2.45, 2.75) is 32.1 Å². The maximum Gasteiger partial charge on any atom is 0.310 e. The number of hydrogen-bond donors (Lipinski definition) is 0. The fourth-order valence-corrected chi connectivity index (χ4v) is 3.71. The van der Waals surface area contributed by atoms with E-state index in [1.807, 2.05) is 24.3 Å². The number of likely N-dealkylation sites (tertiary alicyclic amines) is 1. The van der Waals surface area contributed by atoms with Crippen molar-refractivity contribution in [3.8, 4) is 0 Å². The summed E-state index contributed by atoms with van der Waals surface area (Å²) in [6.07, 6.45) is 1.69. The van der Waals surface area contributed by atoms with E-state index >= 15 is 0 Å². The Morgan fingerprint density at radius 1 is 1.28 bits per heavy atom. The van der Waals surface area contributed by atoms with Crippen molar-refractivity contribution in [2.24, 2.45) is 5.92 Å². The molecule has 0 unspecified atom stereocenters. The third-order valence-electron chi connectivity index (χ3n) is 5.08. The summed E-state index contributed by atoms with van der Waals surface area (Å²) in [5, 5.41) is 0. The van der Waals surface area contributed by atoms with Crippen LogP contribution in [0, 0.1) is 5.92 Å². The lowest BCUT2D eigenvalue weighted by Gasteiger charge is -2.37. The lowest BCUT2D eigenvalue weighted by molar-refractivity contribution is -0.151. The van der Waals surface area contributed by atoms with Crippen molar-refractivity contribution in [1.29, 1.82) is 0 Å². The summed E-state index contributed by atoms with van der Waals surface area (Å²) in [5.41, 5.74) is 1.67. The lowest BCUT2D eigenvalue weighted by Crippen LogP contribution is -2.46. The maximum atomic E-state index is 13.1. The second kappa shape index (κ2) is 7.25. The minimum Gasteiger partial charge on any atom is -0.466 e.